The summed E-state index contributed by atoms with van der Waals surface area (Å²) in [6.07, 6.45) is 5.49. The molecule has 112 valence electrons. The first kappa shape index (κ1) is 14.1. The van der Waals surface area contributed by atoms with E-state index >= 15 is 0 Å². The van der Waals surface area contributed by atoms with E-state index in [1.807, 2.05) is 0 Å². The SMILES string of the molecule is CC1CCCC1NS(=O)(=O)c1ccc(CNC2CC2)o1. The van der Waals surface area contributed by atoms with E-state index in [0.29, 0.717) is 24.3 Å². The van der Waals surface area contributed by atoms with Crippen molar-refractivity contribution in [1.82, 2.24) is 10.0 Å². The Bertz CT molecular complexity index is 563. The highest BCUT2D eigenvalue weighted by Gasteiger charge is 2.30. The van der Waals surface area contributed by atoms with Crippen LogP contribution < -0.4 is 10.0 Å². The Labute approximate surface area is 120 Å². The topological polar surface area (TPSA) is 71.3 Å². The minimum atomic E-state index is -3.52. The zero-order valence-electron chi connectivity index (χ0n) is 11.8. The van der Waals surface area contributed by atoms with Crippen LogP contribution in [-0.2, 0) is 16.6 Å². The summed E-state index contributed by atoms with van der Waals surface area (Å²) in [7, 11) is -3.52. The molecule has 0 radical (unpaired) electrons. The molecule has 1 heterocycles. The molecule has 6 heteroatoms. The van der Waals surface area contributed by atoms with Crippen LogP contribution in [0, 0.1) is 5.92 Å². The van der Waals surface area contributed by atoms with E-state index in [1.54, 1.807) is 12.1 Å². The van der Waals surface area contributed by atoms with Gasteiger partial charge in [-0.1, -0.05) is 13.3 Å². The van der Waals surface area contributed by atoms with E-state index in [9.17, 15) is 8.42 Å². The standard InChI is InChI=1S/C14H22N2O3S/c1-10-3-2-4-13(10)16-20(17,18)14-8-7-12(19-14)9-15-11-5-6-11/h7-8,10-11,13,15-16H,2-6,9H2,1H3. The second kappa shape index (κ2) is 5.50. The Balaban J connectivity index is 1.63. The molecule has 1 aromatic rings. The molecule has 1 aromatic heterocycles. The molecule has 5 nitrogen and oxygen atoms in total. The van der Waals surface area contributed by atoms with Crippen LogP contribution >= 0.6 is 0 Å². The molecule has 0 saturated heterocycles. The molecule has 3 rings (SSSR count). The van der Waals surface area contributed by atoms with Crippen LogP contribution in [0.4, 0.5) is 0 Å². The fraction of sp³-hybridized carbons (Fsp3) is 0.714. The van der Waals surface area contributed by atoms with E-state index in [-0.39, 0.29) is 11.1 Å². The molecule has 0 amide bonds. The molecule has 0 aromatic carbocycles. The Morgan fingerprint density at radius 2 is 2.05 bits per heavy atom. The summed E-state index contributed by atoms with van der Waals surface area (Å²) < 4.78 is 32.8. The molecule has 2 fully saturated rings. The predicted octanol–water partition coefficient (Wildman–Crippen LogP) is 2.00. The van der Waals surface area contributed by atoms with Gasteiger partial charge in [-0.2, -0.15) is 0 Å². The van der Waals surface area contributed by atoms with Gasteiger partial charge >= 0.3 is 0 Å². The van der Waals surface area contributed by atoms with Gasteiger partial charge in [-0.05, 0) is 43.7 Å². The van der Waals surface area contributed by atoms with Crippen molar-refractivity contribution in [2.24, 2.45) is 5.92 Å². The Morgan fingerprint density at radius 3 is 2.70 bits per heavy atom. The van der Waals surface area contributed by atoms with Crippen molar-refractivity contribution in [2.75, 3.05) is 0 Å². The third-order valence-electron chi connectivity index (χ3n) is 4.21. The minimum absolute atomic E-state index is 0.0317. The first-order valence-corrected chi connectivity index (χ1v) is 8.87. The van der Waals surface area contributed by atoms with Crippen LogP contribution in [0.2, 0.25) is 0 Å². The first-order chi connectivity index (χ1) is 9.54. The van der Waals surface area contributed by atoms with Crippen LogP contribution in [0.25, 0.3) is 0 Å². The maximum absolute atomic E-state index is 12.3. The van der Waals surface area contributed by atoms with Gasteiger partial charge < -0.3 is 9.73 Å². The average molecular weight is 298 g/mol. The summed E-state index contributed by atoms with van der Waals surface area (Å²) in [5, 5.41) is 3.34. The van der Waals surface area contributed by atoms with Crippen LogP contribution in [0.15, 0.2) is 21.6 Å². The van der Waals surface area contributed by atoms with E-state index in [0.717, 1.165) is 19.3 Å². The smallest absolute Gasteiger partial charge is 0.274 e. The van der Waals surface area contributed by atoms with Gasteiger partial charge in [0, 0.05) is 12.1 Å². The lowest BCUT2D eigenvalue weighted by molar-refractivity contribution is 0.393. The van der Waals surface area contributed by atoms with E-state index in [2.05, 4.69) is 17.0 Å². The van der Waals surface area contributed by atoms with Crippen molar-refractivity contribution < 1.29 is 12.8 Å². The number of sulfonamides is 1. The predicted molar refractivity (Wildman–Crippen MR) is 75.7 cm³/mol. The number of furan rings is 1. The highest BCUT2D eigenvalue weighted by atomic mass is 32.2. The van der Waals surface area contributed by atoms with Crippen molar-refractivity contribution in [3.63, 3.8) is 0 Å². The number of rotatable bonds is 6. The monoisotopic (exact) mass is 298 g/mol. The molecule has 0 bridgehead atoms. The average Bonchev–Trinajstić information content (AvgIpc) is 2.95. The molecular formula is C14H22N2O3S. The molecule has 2 N–H and O–H groups in total. The van der Waals surface area contributed by atoms with Gasteiger partial charge in [0.1, 0.15) is 5.76 Å². The van der Waals surface area contributed by atoms with Crippen molar-refractivity contribution in [3.05, 3.63) is 17.9 Å². The maximum atomic E-state index is 12.3. The van der Waals surface area contributed by atoms with Crippen LogP contribution in [0.1, 0.15) is 44.8 Å². The molecule has 2 aliphatic rings. The van der Waals surface area contributed by atoms with E-state index in [1.165, 1.54) is 12.8 Å². The summed E-state index contributed by atoms with van der Waals surface area (Å²) in [5.74, 6) is 1.08. The van der Waals surface area contributed by atoms with Crippen LogP contribution in [0.3, 0.4) is 0 Å². The molecule has 2 aliphatic carbocycles. The molecule has 2 saturated carbocycles. The third kappa shape index (κ3) is 3.24. The summed E-state index contributed by atoms with van der Waals surface area (Å²) in [6, 6.07) is 3.91. The summed E-state index contributed by atoms with van der Waals surface area (Å²) in [6.45, 7) is 2.69. The van der Waals surface area contributed by atoms with Crippen molar-refractivity contribution >= 4 is 10.0 Å². The lowest BCUT2D eigenvalue weighted by Crippen LogP contribution is -2.36. The lowest BCUT2D eigenvalue weighted by Gasteiger charge is -2.16. The molecule has 2 atom stereocenters. The fourth-order valence-electron chi connectivity index (χ4n) is 2.71. The molecule has 0 aliphatic heterocycles. The fourth-order valence-corrected chi connectivity index (χ4v) is 4.04. The van der Waals surface area contributed by atoms with Gasteiger partial charge in [-0.3, -0.25) is 0 Å². The largest absolute Gasteiger partial charge is 0.447 e. The third-order valence-corrected chi connectivity index (χ3v) is 5.57. The minimum Gasteiger partial charge on any atom is -0.447 e. The van der Waals surface area contributed by atoms with Gasteiger partial charge in [0.2, 0.25) is 5.09 Å². The molecule has 20 heavy (non-hydrogen) atoms. The normalized spacial score (nSPS) is 27.1. The highest BCUT2D eigenvalue weighted by Crippen LogP contribution is 2.27. The van der Waals surface area contributed by atoms with Crippen molar-refractivity contribution in [3.8, 4) is 0 Å². The summed E-state index contributed by atoms with van der Waals surface area (Å²) in [4.78, 5) is 0. The summed E-state index contributed by atoms with van der Waals surface area (Å²) in [5.41, 5.74) is 0. The van der Waals surface area contributed by atoms with Gasteiger partial charge in [0.25, 0.3) is 10.0 Å². The number of hydrogen-bond acceptors (Lipinski definition) is 4. The van der Waals surface area contributed by atoms with Gasteiger partial charge in [-0.25, -0.2) is 13.1 Å². The second-order valence-corrected chi connectivity index (χ2v) is 7.66. The first-order valence-electron chi connectivity index (χ1n) is 7.39. The quantitative estimate of drug-likeness (QED) is 0.842. The summed E-state index contributed by atoms with van der Waals surface area (Å²) >= 11 is 0. The second-order valence-electron chi connectivity index (χ2n) is 6.01. The van der Waals surface area contributed by atoms with Gasteiger partial charge in [0.15, 0.2) is 0 Å². The lowest BCUT2D eigenvalue weighted by atomic mass is 10.1. The zero-order valence-corrected chi connectivity index (χ0v) is 12.6. The number of hydrogen-bond donors (Lipinski definition) is 2. The number of nitrogens with one attached hydrogen (secondary N) is 2. The Kier molecular flexibility index (Phi) is 3.88. The molecular weight excluding hydrogens is 276 g/mol. The maximum Gasteiger partial charge on any atom is 0.274 e. The van der Waals surface area contributed by atoms with Crippen molar-refractivity contribution in [1.29, 1.82) is 0 Å². The van der Waals surface area contributed by atoms with E-state index in [4.69, 9.17) is 4.42 Å². The highest BCUT2D eigenvalue weighted by molar-refractivity contribution is 7.89. The van der Waals surface area contributed by atoms with Gasteiger partial charge in [-0.15, -0.1) is 0 Å². The van der Waals surface area contributed by atoms with E-state index < -0.39 is 10.0 Å². The van der Waals surface area contributed by atoms with Crippen molar-refractivity contribution in [2.45, 2.75) is 62.7 Å². The zero-order chi connectivity index (χ0) is 14.2. The Hall–Kier alpha value is -0.850. The van der Waals surface area contributed by atoms with Crippen LogP contribution in [0.5, 0.6) is 0 Å². The molecule has 2 unspecified atom stereocenters. The Morgan fingerprint density at radius 1 is 1.25 bits per heavy atom. The molecule has 0 spiro atoms. The van der Waals surface area contributed by atoms with Crippen LogP contribution in [-0.4, -0.2) is 20.5 Å². The van der Waals surface area contributed by atoms with Gasteiger partial charge in [0.05, 0.1) is 6.54 Å².